The van der Waals surface area contributed by atoms with Gasteiger partial charge in [-0.3, -0.25) is 4.79 Å². The molecule has 4 nitrogen and oxygen atoms in total. The topological polar surface area (TPSA) is 68.0 Å². The lowest BCUT2D eigenvalue weighted by molar-refractivity contribution is -0.113. The highest BCUT2D eigenvalue weighted by Crippen LogP contribution is 2.22. The normalized spacial score (nSPS) is 10.3. The van der Waals surface area contributed by atoms with Crippen LogP contribution < -0.4 is 11.1 Å². The molecule has 0 saturated carbocycles. The molecule has 94 valence electrons. The fourth-order valence-corrected chi connectivity index (χ4v) is 2.22. The third-order valence-electron chi connectivity index (χ3n) is 1.79. The number of carbonyl (C=O) groups excluding carboxylic acids is 1. The molecule has 0 saturated heterocycles. The molecule has 0 aromatic carbocycles. The molecule has 1 aromatic heterocycles. The van der Waals surface area contributed by atoms with Gasteiger partial charge in [0, 0.05) is 6.20 Å². The molecular formula is C10H13Cl2N3OS. The van der Waals surface area contributed by atoms with E-state index in [1.54, 1.807) is 0 Å². The highest BCUT2D eigenvalue weighted by Gasteiger charge is 2.07. The number of aromatic nitrogens is 1. The third kappa shape index (κ3) is 5.59. The van der Waals surface area contributed by atoms with Crippen molar-refractivity contribution in [2.75, 3.05) is 23.4 Å². The van der Waals surface area contributed by atoms with E-state index < -0.39 is 0 Å². The number of hydrogen-bond acceptors (Lipinski definition) is 4. The van der Waals surface area contributed by atoms with Crippen LogP contribution in [-0.4, -0.2) is 28.9 Å². The first-order valence-electron chi connectivity index (χ1n) is 5.02. The number of nitrogens with zero attached hydrogens (tertiary/aromatic N) is 1. The Bertz CT molecular complexity index is 390. The van der Waals surface area contributed by atoms with Crippen LogP contribution in [0.15, 0.2) is 12.3 Å². The molecule has 0 aliphatic carbocycles. The van der Waals surface area contributed by atoms with Gasteiger partial charge in [-0.2, -0.15) is 11.8 Å². The standard InChI is InChI=1S/C10H13Cl2N3OS/c11-7-4-8(12)10(14-5-7)15-9(16)6-17-3-1-2-13/h4-5H,1-3,6,13H2,(H,14,15,16). The summed E-state index contributed by atoms with van der Waals surface area (Å²) >= 11 is 13.1. The van der Waals surface area contributed by atoms with E-state index in [1.165, 1.54) is 24.0 Å². The summed E-state index contributed by atoms with van der Waals surface area (Å²) in [5.41, 5.74) is 5.35. The van der Waals surface area contributed by atoms with Gasteiger partial charge in [-0.1, -0.05) is 23.2 Å². The average Bonchev–Trinajstić information content (AvgIpc) is 2.28. The number of nitrogens with one attached hydrogen (secondary N) is 1. The summed E-state index contributed by atoms with van der Waals surface area (Å²) in [5, 5.41) is 3.39. The Morgan fingerprint density at radius 2 is 2.29 bits per heavy atom. The van der Waals surface area contributed by atoms with E-state index in [0.29, 0.717) is 28.2 Å². The first-order chi connectivity index (χ1) is 8.13. The summed E-state index contributed by atoms with van der Waals surface area (Å²) in [4.78, 5) is 15.5. The smallest absolute Gasteiger partial charge is 0.235 e. The van der Waals surface area contributed by atoms with Crippen LogP contribution in [0.25, 0.3) is 0 Å². The molecule has 3 N–H and O–H groups in total. The minimum Gasteiger partial charge on any atom is -0.330 e. The van der Waals surface area contributed by atoms with Crippen molar-refractivity contribution in [3.8, 4) is 0 Å². The van der Waals surface area contributed by atoms with E-state index >= 15 is 0 Å². The Morgan fingerprint density at radius 3 is 2.94 bits per heavy atom. The largest absolute Gasteiger partial charge is 0.330 e. The van der Waals surface area contributed by atoms with Crippen molar-refractivity contribution in [1.82, 2.24) is 4.98 Å². The van der Waals surface area contributed by atoms with Crippen molar-refractivity contribution in [2.24, 2.45) is 5.73 Å². The Hall–Kier alpha value is -0.490. The number of hydrogen-bond donors (Lipinski definition) is 2. The molecule has 0 bridgehead atoms. The van der Waals surface area contributed by atoms with Gasteiger partial charge in [0.25, 0.3) is 0 Å². The number of halogens is 2. The number of amides is 1. The van der Waals surface area contributed by atoms with Crippen LogP contribution in [0, 0.1) is 0 Å². The van der Waals surface area contributed by atoms with Gasteiger partial charge in [-0.15, -0.1) is 0 Å². The van der Waals surface area contributed by atoms with Crippen molar-refractivity contribution in [2.45, 2.75) is 6.42 Å². The zero-order valence-electron chi connectivity index (χ0n) is 9.08. The number of carbonyl (C=O) groups is 1. The van der Waals surface area contributed by atoms with Gasteiger partial charge in [0.2, 0.25) is 5.91 Å². The summed E-state index contributed by atoms with van der Waals surface area (Å²) in [6.45, 7) is 0.638. The second-order valence-corrected chi connectivity index (χ2v) is 5.18. The van der Waals surface area contributed by atoms with Gasteiger partial charge < -0.3 is 11.1 Å². The molecule has 1 heterocycles. The van der Waals surface area contributed by atoms with Gasteiger partial charge >= 0.3 is 0 Å². The maximum atomic E-state index is 11.5. The van der Waals surface area contributed by atoms with E-state index in [4.69, 9.17) is 28.9 Å². The van der Waals surface area contributed by atoms with Crippen LogP contribution in [0.4, 0.5) is 5.82 Å². The summed E-state index contributed by atoms with van der Waals surface area (Å²) < 4.78 is 0. The number of pyridine rings is 1. The molecule has 1 rings (SSSR count). The molecule has 0 aliphatic heterocycles. The summed E-state index contributed by atoms with van der Waals surface area (Å²) in [6, 6.07) is 1.54. The quantitative estimate of drug-likeness (QED) is 0.791. The lowest BCUT2D eigenvalue weighted by Crippen LogP contribution is -2.16. The van der Waals surface area contributed by atoms with Crippen LogP contribution in [0.3, 0.4) is 0 Å². The molecule has 0 fully saturated rings. The van der Waals surface area contributed by atoms with Crippen molar-refractivity contribution >= 4 is 46.7 Å². The Morgan fingerprint density at radius 1 is 1.53 bits per heavy atom. The molecule has 7 heteroatoms. The maximum absolute atomic E-state index is 11.5. The van der Waals surface area contributed by atoms with Crippen LogP contribution in [-0.2, 0) is 4.79 Å². The van der Waals surface area contributed by atoms with Crippen LogP contribution in [0.2, 0.25) is 10.0 Å². The first kappa shape index (κ1) is 14.6. The van der Waals surface area contributed by atoms with Crippen molar-refractivity contribution in [3.63, 3.8) is 0 Å². The van der Waals surface area contributed by atoms with Crippen molar-refractivity contribution in [3.05, 3.63) is 22.3 Å². The zero-order chi connectivity index (χ0) is 12.7. The highest BCUT2D eigenvalue weighted by atomic mass is 35.5. The maximum Gasteiger partial charge on any atom is 0.235 e. The Balaban J connectivity index is 2.40. The van der Waals surface area contributed by atoms with Crippen molar-refractivity contribution < 1.29 is 4.79 Å². The molecule has 17 heavy (non-hydrogen) atoms. The SMILES string of the molecule is NCCCSCC(=O)Nc1ncc(Cl)cc1Cl. The fourth-order valence-electron chi connectivity index (χ4n) is 1.02. The lowest BCUT2D eigenvalue weighted by Gasteiger charge is -2.06. The molecule has 0 unspecified atom stereocenters. The summed E-state index contributed by atoms with van der Waals surface area (Å²) in [6.07, 6.45) is 2.34. The van der Waals surface area contributed by atoms with E-state index in [2.05, 4.69) is 10.3 Å². The third-order valence-corrected chi connectivity index (χ3v) is 3.33. The molecule has 0 atom stereocenters. The summed E-state index contributed by atoms with van der Waals surface area (Å²) in [5.74, 6) is 1.43. The average molecular weight is 294 g/mol. The fraction of sp³-hybridized carbons (Fsp3) is 0.400. The van der Waals surface area contributed by atoms with E-state index in [1.807, 2.05) is 0 Å². The number of anilines is 1. The second-order valence-electron chi connectivity index (χ2n) is 3.23. The van der Waals surface area contributed by atoms with Gasteiger partial charge in [0.15, 0.2) is 5.82 Å². The van der Waals surface area contributed by atoms with Gasteiger partial charge in [0.05, 0.1) is 15.8 Å². The second kappa shape index (κ2) is 7.76. The first-order valence-corrected chi connectivity index (χ1v) is 6.93. The predicted molar refractivity (Wildman–Crippen MR) is 73.9 cm³/mol. The van der Waals surface area contributed by atoms with Crippen molar-refractivity contribution in [1.29, 1.82) is 0 Å². The van der Waals surface area contributed by atoms with Gasteiger partial charge in [-0.05, 0) is 24.8 Å². The number of nitrogens with two attached hydrogens (primary N) is 1. The summed E-state index contributed by atoms with van der Waals surface area (Å²) in [7, 11) is 0. The van der Waals surface area contributed by atoms with E-state index in [9.17, 15) is 4.79 Å². The molecule has 1 amide bonds. The Kier molecular flexibility index (Phi) is 6.65. The van der Waals surface area contributed by atoms with Crippen LogP contribution >= 0.6 is 35.0 Å². The highest BCUT2D eigenvalue weighted by molar-refractivity contribution is 7.99. The van der Waals surface area contributed by atoms with Gasteiger partial charge in [0.1, 0.15) is 0 Å². The number of rotatable bonds is 6. The minimum atomic E-state index is -0.135. The van der Waals surface area contributed by atoms with Gasteiger partial charge in [-0.25, -0.2) is 4.98 Å². The predicted octanol–water partition coefficient (Wildman–Crippen LogP) is 2.41. The number of thioether (sulfide) groups is 1. The molecule has 0 spiro atoms. The van der Waals surface area contributed by atoms with Crippen LogP contribution in [0.1, 0.15) is 6.42 Å². The van der Waals surface area contributed by atoms with Crippen LogP contribution in [0.5, 0.6) is 0 Å². The van der Waals surface area contributed by atoms with E-state index in [-0.39, 0.29) is 5.91 Å². The van der Waals surface area contributed by atoms with E-state index in [0.717, 1.165) is 12.2 Å². The molecule has 0 aliphatic rings. The molecular weight excluding hydrogens is 281 g/mol. The minimum absolute atomic E-state index is 0.135. The Labute approximate surface area is 114 Å². The molecule has 1 aromatic rings. The zero-order valence-corrected chi connectivity index (χ0v) is 11.4. The molecule has 0 radical (unpaired) electrons. The lowest BCUT2D eigenvalue weighted by atomic mass is 10.4. The monoisotopic (exact) mass is 293 g/mol.